The number of thiophene rings is 1. The Morgan fingerprint density at radius 2 is 2.00 bits per heavy atom. The molecule has 1 aliphatic rings. The molecule has 0 atom stereocenters. The Kier molecular flexibility index (Phi) is 4.83. The first-order chi connectivity index (χ1) is 12.5. The summed E-state index contributed by atoms with van der Waals surface area (Å²) in [6, 6.07) is 10.4. The van der Waals surface area contributed by atoms with Crippen LogP contribution in [0.15, 0.2) is 45.0 Å². The summed E-state index contributed by atoms with van der Waals surface area (Å²) in [5, 5.41) is 8.66. The molecule has 0 bridgehead atoms. The molecule has 26 heavy (non-hydrogen) atoms. The van der Waals surface area contributed by atoms with E-state index in [0.717, 1.165) is 29.7 Å². The van der Waals surface area contributed by atoms with Gasteiger partial charge in [-0.1, -0.05) is 36.2 Å². The third-order valence-electron chi connectivity index (χ3n) is 4.36. The molecular formula is C17H16ClN3O3S2. The number of sulfonamides is 1. The first kappa shape index (κ1) is 17.7. The molecule has 1 fully saturated rings. The van der Waals surface area contributed by atoms with Gasteiger partial charge in [0.15, 0.2) is 0 Å². The predicted octanol–water partition coefficient (Wildman–Crippen LogP) is 4.20. The Labute approximate surface area is 160 Å². The molecule has 0 aliphatic heterocycles. The highest BCUT2D eigenvalue weighted by atomic mass is 35.5. The van der Waals surface area contributed by atoms with Crippen LogP contribution in [0.4, 0.5) is 0 Å². The fraction of sp³-hybridized carbons (Fsp3) is 0.294. The van der Waals surface area contributed by atoms with E-state index >= 15 is 0 Å². The van der Waals surface area contributed by atoms with Crippen molar-refractivity contribution >= 4 is 33.0 Å². The second-order valence-electron chi connectivity index (χ2n) is 6.11. The third kappa shape index (κ3) is 3.55. The summed E-state index contributed by atoms with van der Waals surface area (Å²) in [5.74, 6) is 1.35. The topological polar surface area (TPSA) is 85.1 Å². The molecule has 0 unspecified atom stereocenters. The molecule has 1 saturated carbocycles. The van der Waals surface area contributed by atoms with Gasteiger partial charge in [0.25, 0.3) is 5.89 Å². The van der Waals surface area contributed by atoms with Gasteiger partial charge >= 0.3 is 0 Å². The van der Waals surface area contributed by atoms with Gasteiger partial charge in [0.05, 0.1) is 4.88 Å². The van der Waals surface area contributed by atoms with Gasteiger partial charge in [-0.25, -0.2) is 13.1 Å². The predicted molar refractivity (Wildman–Crippen MR) is 99.7 cm³/mol. The highest BCUT2D eigenvalue weighted by Crippen LogP contribution is 2.37. The van der Waals surface area contributed by atoms with E-state index in [4.69, 9.17) is 16.0 Å². The molecule has 1 aliphatic carbocycles. The Hall–Kier alpha value is -1.74. The summed E-state index contributed by atoms with van der Waals surface area (Å²) in [6.07, 6.45) is 3.32. The van der Waals surface area contributed by atoms with E-state index in [9.17, 15) is 8.42 Å². The summed E-state index contributed by atoms with van der Waals surface area (Å²) in [6.45, 7) is 0.127. The Bertz CT molecular complexity index is 1030. The van der Waals surface area contributed by atoms with Crippen LogP contribution in [0.25, 0.3) is 10.8 Å². The first-order valence-electron chi connectivity index (χ1n) is 8.19. The maximum atomic E-state index is 12.5. The zero-order valence-electron chi connectivity index (χ0n) is 13.7. The number of halogens is 1. The minimum Gasteiger partial charge on any atom is -0.420 e. The first-order valence-corrected chi connectivity index (χ1v) is 10.9. The molecule has 2 heterocycles. The average molecular weight is 410 g/mol. The Morgan fingerprint density at radius 3 is 2.73 bits per heavy atom. The van der Waals surface area contributed by atoms with Crippen molar-refractivity contribution in [2.45, 2.75) is 35.9 Å². The largest absolute Gasteiger partial charge is 0.420 e. The lowest BCUT2D eigenvalue weighted by atomic mass is 9.85. The maximum absolute atomic E-state index is 12.5. The summed E-state index contributed by atoms with van der Waals surface area (Å²) in [4.78, 5) is 0.640. The van der Waals surface area contributed by atoms with Crippen LogP contribution in [0.3, 0.4) is 0 Å². The summed E-state index contributed by atoms with van der Waals surface area (Å²) in [7, 11) is -3.65. The second-order valence-corrected chi connectivity index (χ2v) is 9.59. The maximum Gasteiger partial charge on any atom is 0.257 e. The normalized spacial score (nSPS) is 15.1. The molecular weight excluding hydrogens is 394 g/mol. The van der Waals surface area contributed by atoms with Crippen molar-refractivity contribution in [2.75, 3.05) is 0 Å². The van der Waals surface area contributed by atoms with Gasteiger partial charge in [0.1, 0.15) is 4.21 Å². The van der Waals surface area contributed by atoms with Crippen LogP contribution in [0.2, 0.25) is 5.02 Å². The number of hydrogen-bond acceptors (Lipinski definition) is 6. The molecule has 136 valence electrons. The van der Waals surface area contributed by atoms with Crippen LogP contribution in [0.5, 0.6) is 0 Å². The fourth-order valence-electron chi connectivity index (χ4n) is 2.62. The molecule has 9 heteroatoms. The van der Waals surface area contributed by atoms with Crippen molar-refractivity contribution in [2.24, 2.45) is 0 Å². The van der Waals surface area contributed by atoms with Gasteiger partial charge in [-0.05, 0) is 36.6 Å². The highest BCUT2D eigenvalue weighted by molar-refractivity contribution is 7.91. The zero-order chi connectivity index (χ0) is 18.1. The van der Waals surface area contributed by atoms with Crippen molar-refractivity contribution in [3.63, 3.8) is 0 Å². The fourth-order valence-corrected chi connectivity index (χ4v) is 5.10. The minimum atomic E-state index is -3.65. The number of nitrogens with one attached hydrogen (secondary N) is 1. The van der Waals surface area contributed by atoms with Crippen molar-refractivity contribution in [3.05, 3.63) is 52.9 Å². The molecule has 1 aromatic carbocycles. The number of nitrogens with zero attached hydrogens (tertiary/aromatic N) is 2. The molecule has 0 amide bonds. The van der Waals surface area contributed by atoms with E-state index in [1.54, 1.807) is 30.3 Å². The number of benzene rings is 1. The molecule has 6 nitrogen and oxygen atoms in total. The van der Waals surface area contributed by atoms with Crippen molar-refractivity contribution < 1.29 is 12.8 Å². The molecule has 1 N–H and O–H groups in total. The van der Waals surface area contributed by atoms with E-state index in [0.29, 0.717) is 27.6 Å². The molecule has 4 rings (SSSR count). The van der Waals surface area contributed by atoms with Crippen LogP contribution in [-0.2, 0) is 16.6 Å². The van der Waals surface area contributed by atoms with Crippen LogP contribution < -0.4 is 4.72 Å². The molecule has 0 spiro atoms. The van der Waals surface area contributed by atoms with Gasteiger partial charge < -0.3 is 4.42 Å². The lowest BCUT2D eigenvalue weighted by Gasteiger charge is -2.20. The Balaban J connectivity index is 1.49. The standard InChI is InChI=1S/C17H16ClN3O3S2/c18-13-7-2-1-4-12(13)10-19-26(22,23)15-9-8-14(25-15)17-21-20-16(24-17)11-5-3-6-11/h1-2,4,7-9,11,19H,3,5-6,10H2. The van der Waals surface area contributed by atoms with E-state index in [1.807, 2.05) is 6.07 Å². The lowest BCUT2D eigenvalue weighted by Crippen LogP contribution is -2.22. The molecule has 2 aromatic heterocycles. The summed E-state index contributed by atoms with van der Waals surface area (Å²) in [5.41, 5.74) is 0.719. The molecule has 0 saturated heterocycles. The zero-order valence-corrected chi connectivity index (χ0v) is 16.1. The van der Waals surface area contributed by atoms with E-state index in [2.05, 4.69) is 14.9 Å². The quantitative estimate of drug-likeness (QED) is 0.659. The van der Waals surface area contributed by atoms with Crippen LogP contribution >= 0.6 is 22.9 Å². The van der Waals surface area contributed by atoms with Gasteiger partial charge in [-0.3, -0.25) is 0 Å². The minimum absolute atomic E-state index is 0.127. The number of hydrogen-bond donors (Lipinski definition) is 1. The second kappa shape index (κ2) is 7.11. The summed E-state index contributed by atoms with van der Waals surface area (Å²) >= 11 is 7.17. The van der Waals surface area contributed by atoms with Gasteiger partial charge in [-0.15, -0.1) is 21.5 Å². The van der Waals surface area contributed by atoms with Crippen molar-refractivity contribution in [3.8, 4) is 10.8 Å². The number of aromatic nitrogens is 2. The van der Waals surface area contributed by atoms with E-state index in [-0.39, 0.29) is 10.8 Å². The molecule has 3 aromatic rings. The summed E-state index contributed by atoms with van der Waals surface area (Å²) < 4.78 is 33.5. The van der Waals surface area contributed by atoms with Gasteiger partial charge in [0, 0.05) is 17.5 Å². The molecule has 0 radical (unpaired) electrons. The SMILES string of the molecule is O=S(=O)(NCc1ccccc1Cl)c1ccc(-c2nnc(C3CCC3)o2)s1. The lowest BCUT2D eigenvalue weighted by molar-refractivity contribution is 0.338. The smallest absolute Gasteiger partial charge is 0.257 e. The van der Waals surface area contributed by atoms with Gasteiger partial charge in [0.2, 0.25) is 15.9 Å². The van der Waals surface area contributed by atoms with E-state index in [1.165, 1.54) is 6.42 Å². The van der Waals surface area contributed by atoms with E-state index < -0.39 is 10.0 Å². The highest BCUT2D eigenvalue weighted by Gasteiger charge is 2.26. The van der Waals surface area contributed by atoms with Crippen LogP contribution in [0, 0.1) is 0 Å². The Morgan fingerprint density at radius 1 is 1.19 bits per heavy atom. The van der Waals surface area contributed by atoms with Gasteiger partial charge in [-0.2, -0.15) is 0 Å². The number of rotatable bonds is 6. The van der Waals surface area contributed by atoms with Crippen molar-refractivity contribution in [1.82, 2.24) is 14.9 Å². The third-order valence-corrected chi connectivity index (χ3v) is 7.70. The van der Waals surface area contributed by atoms with Crippen LogP contribution in [0.1, 0.15) is 36.6 Å². The average Bonchev–Trinajstić information content (AvgIpc) is 3.22. The monoisotopic (exact) mass is 409 g/mol. The van der Waals surface area contributed by atoms with Crippen LogP contribution in [-0.4, -0.2) is 18.6 Å². The van der Waals surface area contributed by atoms with Crippen molar-refractivity contribution in [1.29, 1.82) is 0 Å².